The van der Waals surface area contributed by atoms with Crippen molar-refractivity contribution in [2.75, 3.05) is 13.1 Å². The summed E-state index contributed by atoms with van der Waals surface area (Å²) in [5.74, 6) is -0.0340. The van der Waals surface area contributed by atoms with Gasteiger partial charge < -0.3 is 11.1 Å². The SMILES string of the molecule is Cl.NCCCCNC(=O)c1cccc(Br)c1. The number of amides is 1. The van der Waals surface area contributed by atoms with Gasteiger partial charge in [-0.05, 0) is 37.6 Å². The lowest BCUT2D eigenvalue weighted by Gasteiger charge is -2.04. The number of nitrogens with one attached hydrogen (secondary N) is 1. The second kappa shape index (κ2) is 8.56. The van der Waals surface area contributed by atoms with Gasteiger partial charge in [0.1, 0.15) is 0 Å². The van der Waals surface area contributed by atoms with Gasteiger partial charge in [-0.15, -0.1) is 12.4 Å². The highest BCUT2D eigenvalue weighted by Gasteiger charge is 2.03. The van der Waals surface area contributed by atoms with Crippen LogP contribution in [0.15, 0.2) is 28.7 Å². The van der Waals surface area contributed by atoms with Crippen LogP contribution in [0.3, 0.4) is 0 Å². The molecule has 5 heteroatoms. The third kappa shape index (κ3) is 5.49. The van der Waals surface area contributed by atoms with Gasteiger partial charge in [-0.3, -0.25) is 4.79 Å². The molecule has 3 nitrogen and oxygen atoms in total. The molecule has 0 aliphatic heterocycles. The van der Waals surface area contributed by atoms with E-state index >= 15 is 0 Å². The fourth-order valence-corrected chi connectivity index (χ4v) is 1.60. The van der Waals surface area contributed by atoms with Crippen LogP contribution in [-0.4, -0.2) is 19.0 Å². The first-order valence-corrected chi connectivity index (χ1v) is 5.77. The van der Waals surface area contributed by atoms with E-state index in [1.807, 2.05) is 12.1 Å². The Labute approximate surface area is 110 Å². The molecule has 0 saturated carbocycles. The summed E-state index contributed by atoms with van der Waals surface area (Å²) < 4.78 is 0.914. The Morgan fingerprint density at radius 3 is 2.75 bits per heavy atom. The largest absolute Gasteiger partial charge is 0.352 e. The van der Waals surface area contributed by atoms with E-state index < -0.39 is 0 Å². The highest BCUT2D eigenvalue weighted by atomic mass is 79.9. The van der Waals surface area contributed by atoms with E-state index in [-0.39, 0.29) is 18.3 Å². The molecule has 0 aromatic heterocycles. The number of hydrogen-bond acceptors (Lipinski definition) is 2. The molecule has 0 unspecified atom stereocenters. The van der Waals surface area contributed by atoms with E-state index in [1.165, 1.54) is 0 Å². The number of nitrogens with two attached hydrogens (primary N) is 1. The van der Waals surface area contributed by atoms with E-state index in [0.29, 0.717) is 18.7 Å². The third-order valence-corrected chi connectivity index (χ3v) is 2.50. The molecule has 90 valence electrons. The van der Waals surface area contributed by atoms with Gasteiger partial charge in [0.2, 0.25) is 0 Å². The summed E-state index contributed by atoms with van der Waals surface area (Å²) in [4.78, 5) is 11.6. The Morgan fingerprint density at radius 2 is 2.12 bits per heavy atom. The van der Waals surface area contributed by atoms with E-state index in [9.17, 15) is 4.79 Å². The molecule has 16 heavy (non-hydrogen) atoms. The van der Waals surface area contributed by atoms with Crippen LogP contribution in [0.4, 0.5) is 0 Å². The lowest BCUT2D eigenvalue weighted by Crippen LogP contribution is -2.24. The zero-order valence-corrected chi connectivity index (χ0v) is 11.3. The van der Waals surface area contributed by atoms with Crippen molar-refractivity contribution in [3.63, 3.8) is 0 Å². The first-order chi connectivity index (χ1) is 7.24. The summed E-state index contributed by atoms with van der Waals surface area (Å²) >= 11 is 3.33. The van der Waals surface area contributed by atoms with Gasteiger partial charge in [0, 0.05) is 16.6 Å². The smallest absolute Gasteiger partial charge is 0.251 e. The predicted molar refractivity (Wildman–Crippen MR) is 72.0 cm³/mol. The molecule has 1 aromatic rings. The van der Waals surface area contributed by atoms with Crippen molar-refractivity contribution in [3.8, 4) is 0 Å². The van der Waals surface area contributed by atoms with Gasteiger partial charge in [-0.1, -0.05) is 22.0 Å². The van der Waals surface area contributed by atoms with Crippen molar-refractivity contribution < 1.29 is 4.79 Å². The van der Waals surface area contributed by atoms with Crippen LogP contribution < -0.4 is 11.1 Å². The van der Waals surface area contributed by atoms with E-state index in [1.54, 1.807) is 12.1 Å². The Balaban J connectivity index is 0.00000225. The van der Waals surface area contributed by atoms with Crippen LogP contribution in [0, 0.1) is 0 Å². The van der Waals surface area contributed by atoms with Crippen molar-refractivity contribution in [1.29, 1.82) is 0 Å². The van der Waals surface area contributed by atoms with Gasteiger partial charge >= 0.3 is 0 Å². The number of carbonyl (C=O) groups is 1. The zero-order valence-electron chi connectivity index (χ0n) is 8.91. The Morgan fingerprint density at radius 1 is 1.38 bits per heavy atom. The van der Waals surface area contributed by atoms with Crippen LogP contribution in [-0.2, 0) is 0 Å². The average molecular weight is 308 g/mol. The fraction of sp³-hybridized carbons (Fsp3) is 0.364. The van der Waals surface area contributed by atoms with E-state index in [4.69, 9.17) is 5.73 Å². The minimum Gasteiger partial charge on any atom is -0.352 e. The summed E-state index contributed by atoms with van der Waals surface area (Å²) in [7, 11) is 0. The van der Waals surface area contributed by atoms with Crippen LogP contribution in [0.1, 0.15) is 23.2 Å². The second-order valence-corrected chi connectivity index (χ2v) is 4.18. The van der Waals surface area contributed by atoms with Crippen molar-refractivity contribution in [2.45, 2.75) is 12.8 Å². The number of rotatable bonds is 5. The van der Waals surface area contributed by atoms with Crippen molar-refractivity contribution in [2.24, 2.45) is 5.73 Å². The van der Waals surface area contributed by atoms with Crippen molar-refractivity contribution in [1.82, 2.24) is 5.32 Å². The minimum absolute atomic E-state index is 0. The monoisotopic (exact) mass is 306 g/mol. The minimum atomic E-state index is -0.0340. The molecule has 0 radical (unpaired) electrons. The molecule has 0 aliphatic carbocycles. The fourth-order valence-electron chi connectivity index (χ4n) is 1.20. The third-order valence-electron chi connectivity index (χ3n) is 2.00. The number of unbranched alkanes of at least 4 members (excludes halogenated alkanes) is 1. The quantitative estimate of drug-likeness (QED) is 0.820. The first-order valence-electron chi connectivity index (χ1n) is 4.98. The standard InChI is InChI=1S/C11H15BrN2O.ClH/c12-10-5-3-4-9(8-10)11(15)14-7-2-1-6-13;/h3-5,8H,1-2,6-7,13H2,(H,14,15);1H. The maximum Gasteiger partial charge on any atom is 0.251 e. The zero-order chi connectivity index (χ0) is 11.1. The summed E-state index contributed by atoms with van der Waals surface area (Å²) in [6.45, 7) is 1.36. The molecule has 1 amide bonds. The average Bonchev–Trinajstić information content (AvgIpc) is 2.24. The molecule has 0 saturated heterocycles. The van der Waals surface area contributed by atoms with Gasteiger partial charge in [0.05, 0.1) is 0 Å². The molecule has 3 N–H and O–H groups in total. The summed E-state index contributed by atoms with van der Waals surface area (Å²) in [6, 6.07) is 7.34. The summed E-state index contributed by atoms with van der Waals surface area (Å²) in [5.41, 5.74) is 6.04. The van der Waals surface area contributed by atoms with Crippen LogP contribution >= 0.6 is 28.3 Å². The van der Waals surface area contributed by atoms with Crippen LogP contribution in [0.5, 0.6) is 0 Å². The molecule has 0 atom stereocenters. The van der Waals surface area contributed by atoms with E-state index in [0.717, 1.165) is 17.3 Å². The summed E-state index contributed by atoms with van der Waals surface area (Å²) in [6.07, 6.45) is 1.87. The maximum atomic E-state index is 11.6. The molecule has 0 bridgehead atoms. The molecular formula is C11H16BrClN2O. The maximum absolute atomic E-state index is 11.6. The highest BCUT2D eigenvalue weighted by molar-refractivity contribution is 9.10. The van der Waals surface area contributed by atoms with Gasteiger partial charge in [-0.2, -0.15) is 0 Å². The lowest BCUT2D eigenvalue weighted by molar-refractivity contribution is 0.0953. The highest BCUT2D eigenvalue weighted by Crippen LogP contribution is 2.11. The van der Waals surface area contributed by atoms with Crippen molar-refractivity contribution >= 4 is 34.2 Å². The molecule has 0 spiro atoms. The second-order valence-electron chi connectivity index (χ2n) is 3.26. The van der Waals surface area contributed by atoms with Crippen molar-refractivity contribution in [3.05, 3.63) is 34.3 Å². The lowest BCUT2D eigenvalue weighted by atomic mass is 10.2. The Hall–Kier alpha value is -0.580. The predicted octanol–water partition coefficient (Wildman–Crippen LogP) is 2.34. The molecule has 0 fully saturated rings. The number of benzene rings is 1. The van der Waals surface area contributed by atoms with Crippen LogP contribution in [0.25, 0.3) is 0 Å². The topological polar surface area (TPSA) is 55.1 Å². The number of halogens is 2. The Kier molecular flexibility index (Phi) is 8.25. The van der Waals surface area contributed by atoms with Gasteiger partial charge in [-0.25, -0.2) is 0 Å². The normalized spacial score (nSPS) is 9.38. The number of carbonyl (C=O) groups excluding carboxylic acids is 1. The van der Waals surface area contributed by atoms with Gasteiger partial charge in [0.15, 0.2) is 0 Å². The van der Waals surface area contributed by atoms with Gasteiger partial charge in [0.25, 0.3) is 5.91 Å². The molecule has 0 heterocycles. The molecule has 1 rings (SSSR count). The number of hydrogen-bond donors (Lipinski definition) is 2. The first kappa shape index (κ1) is 15.4. The molecule has 0 aliphatic rings. The Bertz CT molecular complexity index is 334. The molecule has 1 aromatic carbocycles. The summed E-state index contributed by atoms with van der Waals surface area (Å²) in [5, 5.41) is 2.85. The van der Waals surface area contributed by atoms with Crippen LogP contribution in [0.2, 0.25) is 0 Å². The van der Waals surface area contributed by atoms with E-state index in [2.05, 4.69) is 21.2 Å². The molecular weight excluding hydrogens is 291 g/mol.